The van der Waals surface area contributed by atoms with E-state index in [9.17, 15) is 4.79 Å². The predicted molar refractivity (Wildman–Crippen MR) is 138 cm³/mol. The summed E-state index contributed by atoms with van der Waals surface area (Å²) in [7, 11) is 0. The Morgan fingerprint density at radius 2 is 1.80 bits per heavy atom. The van der Waals surface area contributed by atoms with E-state index in [4.69, 9.17) is 9.47 Å². The van der Waals surface area contributed by atoms with Crippen molar-refractivity contribution in [2.45, 2.75) is 20.0 Å². The average molecular weight is 475 g/mol. The maximum Gasteiger partial charge on any atom is 0.251 e. The largest absolute Gasteiger partial charge is 0.490 e. The average Bonchev–Trinajstić information content (AvgIpc) is 2.92. The van der Waals surface area contributed by atoms with Gasteiger partial charge >= 0.3 is 0 Å². The number of carbonyl (C=O) groups excluding carboxylic acids is 1. The van der Waals surface area contributed by atoms with Crippen LogP contribution in [0.2, 0.25) is 0 Å². The molecule has 2 aromatic carbocycles. The highest BCUT2D eigenvalue weighted by molar-refractivity contribution is 5.94. The van der Waals surface area contributed by atoms with Gasteiger partial charge < -0.3 is 19.7 Å². The fourth-order valence-electron chi connectivity index (χ4n) is 4.16. The Kier molecular flexibility index (Phi) is 8.95. The fraction of sp³-hybridized carbons (Fsp3) is 0.357. The van der Waals surface area contributed by atoms with Crippen LogP contribution in [0.3, 0.4) is 0 Å². The van der Waals surface area contributed by atoms with Crippen LogP contribution in [0, 0.1) is 0 Å². The van der Waals surface area contributed by atoms with Crippen molar-refractivity contribution in [2.75, 3.05) is 50.8 Å². The molecule has 7 heteroatoms. The van der Waals surface area contributed by atoms with Gasteiger partial charge in [-0.1, -0.05) is 24.3 Å². The molecule has 4 rings (SSSR count). The van der Waals surface area contributed by atoms with E-state index in [0.717, 1.165) is 44.7 Å². The lowest BCUT2D eigenvalue weighted by Crippen LogP contribution is -2.47. The second kappa shape index (κ2) is 12.8. The monoisotopic (exact) mass is 474 g/mol. The Morgan fingerprint density at radius 3 is 2.54 bits per heavy atom. The number of piperazine rings is 1. The standard InChI is InChI=1S/C28H34N4O3/c1-2-34-27-20-24(11-12-26(27)35-22-23-8-6-13-29-21-23)28(33)30-14-7-15-31-16-18-32(19-17-31)25-9-4-3-5-10-25/h3-6,8-13,20-21H,2,7,14-19,22H2,1H3,(H,30,33). The molecule has 3 aromatic rings. The van der Waals surface area contributed by atoms with E-state index in [1.165, 1.54) is 5.69 Å². The Morgan fingerprint density at radius 1 is 0.971 bits per heavy atom. The number of ether oxygens (including phenoxy) is 2. The van der Waals surface area contributed by atoms with Crippen LogP contribution in [0.5, 0.6) is 11.5 Å². The molecule has 2 heterocycles. The van der Waals surface area contributed by atoms with Crippen LogP contribution in [-0.2, 0) is 6.61 Å². The number of carbonyl (C=O) groups is 1. The molecule has 0 radical (unpaired) electrons. The second-order valence-corrected chi connectivity index (χ2v) is 8.52. The summed E-state index contributed by atoms with van der Waals surface area (Å²) in [5.74, 6) is 1.08. The summed E-state index contributed by atoms with van der Waals surface area (Å²) < 4.78 is 11.6. The normalized spacial score (nSPS) is 13.9. The first-order valence-electron chi connectivity index (χ1n) is 12.3. The van der Waals surface area contributed by atoms with Gasteiger partial charge in [-0.15, -0.1) is 0 Å². The lowest BCUT2D eigenvalue weighted by Gasteiger charge is -2.36. The van der Waals surface area contributed by atoms with Crippen molar-refractivity contribution < 1.29 is 14.3 Å². The third-order valence-electron chi connectivity index (χ3n) is 6.05. The van der Waals surface area contributed by atoms with E-state index < -0.39 is 0 Å². The van der Waals surface area contributed by atoms with Crippen LogP contribution in [0.15, 0.2) is 73.1 Å². The molecule has 1 saturated heterocycles. The van der Waals surface area contributed by atoms with E-state index >= 15 is 0 Å². The zero-order valence-electron chi connectivity index (χ0n) is 20.4. The molecule has 0 spiro atoms. The first-order valence-corrected chi connectivity index (χ1v) is 12.3. The number of para-hydroxylation sites is 1. The number of pyridine rings is 1. The molecule has 0 unspecified atom stereocenters. The third-order valence-corrected chi connectivity index (χ3v) is 6.05. The number of nitrogens with zero attached hydrogens (tertiary/aromatic N) is 3. The van der Waals surface area contributed by atoms with Gasteiger partial charge in [0, 0.05) is 61.9 Å². The van der Waals surface area contributed by atoms with Gasteiger partial charge in [0.15, 0.2) is 11.5 Å². The summed E-state index contributed by atoms with van der Waals surface area (Å²) in [6.45, 7) is 8.57. The summed E-state index contributed by atoms with van der Waals surface area (Å²) in [5, 5.41) is 3.04. The lowest BCUT2D eigenvalue weighted by molar-refractivity contribution is 0.0951. The minimum absolute atomic E-state index is 0.0985. The number of hydrogen-bond donors (Lipinski definition) is 1. The number of nitrogens with one attached hydrogen (secondary N) is 1. The molecule has 1 aromatic heterocycles. The van der Waals surface area contributed by atoms with Gasteiger partial charge in [-0.25, -0.2) is 0 Å². The number of amides is 1. The highest BCUT2D eigenvalue weighted by atomic mass is 16.5. The van der Waals surface area contributed by atoms with Crippen molar-refractivity contribution in [3.63, 3.8) is 0 Å². The molecule has 1 aliphatic heterocycles. The molecular weight excluding hydrogens is 440 g/mol. The molecule has 1 fully saturated rings. The van der Waals surface area contributed by atoms with Crippen LogP contribution in [0.4, 0.5) is 5.69 Å². The first kappa shape index (κ1) is 24.5. The molecule has 0 bridgehead atoms. The fourth-order valence-corrected chi connectivity index (χ4v) is 4.16. The Bertz CT molecular complexity index is 1050. The molecule has 1 aliphatic rings. The molecule has 1 N–H and O–H groups in total. The molecule has 0 atom stereocenters. The molecular formula is C28H34N4O3. The highest BCUT2D eigenvalue weighted by Crippen LogP contribution is 2.29. The van der Waals surface area contributed by atoms with Gasteiger partial charge in [0.2, 0.25) is 0 Å². The maximum absolute atomic E-state index is 12.7. The summed E-state index contributed by atoms with van der Waals surface area (Å²) >= 11 is 0. The van der Waals surface area contributed by atoms with Crippen LogP contribution in [0.25, 0.3) is 0 Å². The van der Waals surface area contributed by atoms with E-state index in [1.807, 2.05) is 19.1 Å². The van der Waals surface area contributed by atoms with E-state index in [2.05, 4.69) is 50.4 Å². The van der Waals surface area contributed by atoms with E-state index in [1.54, 1.807) is 30.6 Å². The Labute approximate surface area is 207 Å². The smallest absolute Gasteiger partial charge is 0.251 e. The summed E-state index contributed by atoms with van der Waals surface area (Å²) in [5.41, 5.74) is 2.83. The van der Waals surface area contributed by atoms with Crippen molar-refractivity contribution in [2.24, 2.45) is 0 Å². The molecule has 1 amide bonds. The third kappa shape index (κ3) is 7.20. The van der Waals surface area contributed by atoms with Gasteiger partial charge in [-0.3, -0.25) is 14.7 Å². The van der Waals surface area contributed by atoms with Crippen LogP contribution in [-0.4, -0.2) is 61.7 Å². The summed E-state index contributed by atoms with van der Waals surface area (Å²) in [4.78, 5) is 21.7. The van der Waals surface area contributed by atoms with Gasteiger partial charge in [0.05, 0.1) is 6.61 Å². The number of anilines is 1. The van der Waals surface area contributed by atoms with Gasteiger partial charge in [-0.2, -0.15) is 0 Å². The minimum Gasteiger partial charge on any atom is -0.490 e. The van der Waals surface area contributed by atoms with E-state index in [-0.39, 0.29) is 5.91 Å². The topological polar surface area (TPSA) is 66.9 Å². The summed E-state index contributed by atoms with van der Waals surface area (Å²) in [6, 6.07) is 19.7. The number of aromatic nitrogens is 1. The quantitative estimate of drug-likeness (QED) is 0.424. The van der Waals surface area contributed by atoms with Gasteiger partial charge in [0.1, 0.15) is 6.61 Å². The second-order valence-electron chi connectivity index (χ2n) is 8.52. The molecule has 7 nitrogen and oxygen atoms in total. The Hall–Kier alpha value is -3.58. The van der Waals surface area contributed by atoms with Crippen molar-refractivity contribution in [1.29, 1.82) is 0 Å². The number of hydrogen-bond acceptors (Lipinski definition) is 6. The first-order chi connectivity index (χ1) is 17.2. The van der Waals surface area contributed by atoms with Crippen molar-refractivity contribution in [3.8, 4) is 11.5 Å². The number of rotatable bonds is 11. The van der Waals surface area contributed by atoms with E-state index in [0.29, 0.717) is 36.8 Å². The van der Waals surface area contributed by atoms with Crippen LogP contribution in [0.1, 0.15) is 29.3 Å². The Balaban J connectivity index is 1.21. The molecule has 0 saturated carbocycles. The predicted octanol–water partition coefficient (Wildman–Crippen LogP) is 4.00. The van der Waals surface area contributed by atoms with Crippen LogP contribution >= 0.6 is 0 Å². The zero-order chi connectivity index (χ0) is 24.3. The lowest BCUT2D eigenvalue weighted by atomic mass is 10.2. The van der Waals surface area contributed by atoms with Crippen molar-refractivity contribution >= 4 is 11.6 Å². The SMILES string of the molecule is CCOc1cc(C(=O)NCCCN2CCN(c3ccccc3)CC2)ccc1OCc1cccnc1. The number of benzene rings is 2. The van der Waals surface area contributed by atoms with Gasteiger partial charge in [0.25, 0.3) is 5.91 Å². The minimum atomic E-state index is -0.0985. The zero-order valence-corrected chi connectivity index (χ0v) is 20.4. The summed E-state index contributed by atoms with van der Waals surface area (Å²) in [6.07, 6.45) is 4.42. The van der Waals surface area contributed by atoms with Crippen molar-refractivity contribution in [1.82, 2.24) is 15.2 Å². The van der Waals surface area contributed by atoms with Crippen molar-refractivity contribution in [3.05, 3.63) is 84.2 Å². The molecule has 0 aliphatic carbocycles. The van der Waals surface area contributed by atoms with Crippen LogP contribution < -0.4 is 19.7 Å². The molecule has 35 heavy (non-hydrogen) atoms. The highest BCUT2D eigenvalue weighted by Gasteiger charge is 2.17. The molecule has 184 valence electrons. The van der Waals surface area contributed by atoms with Gasteiger partial charge in [-0.05, 0) is 56.3 Å². The maximum atomic E-state index is 12.7.